The molecular formula is C11H14BrN3. The maximum atomic E-state index is 4.54. The molecular weight excluding hydrogens is 254 g/mol. The second-order valence-corrected chi connectivity index (χ2v) is 4.56. The molecule has 0 bridgehead atoms. The minimum absolute atomic E-state index is 0.413. The molecule has 2 rings (SSSR count). The Morgan fingerprint density at radius 2 is 2.20 bits per heavy atom. The number of hydrogen-bond acceptors (Lipinski definition) is 2. The van der Waals surface area contributed by atoms with Gasteiger partial charge < -0.3 is 9.72 Å². The number of imidazole rings is 1. The fourth-order valence-electron chi connectivity index (χ4n) is 1.73. The molecule has 4 heteroatoms. The van der Waals surface area contributed by atoms with Gasteiger partial charge in [0.1, 0.15) is 15.9 Å². The summed E-state index contributed by atoms with van der Waals surface area (Å²) in [6, 6.07) is 4.07. The predicted molar refractivity (Wildman–Crippen MR) is 66.5 cm³/mol. The molecule has 80 valence electrons. The van der Waals surface area contributed by atoms with Crippen LogP contribution in [0.25, 0.3) is 5.52 Å². The van der Waals surface area contributed by atoms with Crippen molar-refractivity contribution in [3.63, 3.8) is 0 Å². The van der Waals surface area contributed by atoms with Crippen molar-refractivity contribution >= 4 is 27.1 Å². The van der Waals surface area contributed by atoms with Crippen LogP contribution in [0.5, 0.6) is 0 Å². The third kappa shape index (κ3) is 1.63. The zero-order chi connectivity index (χ0) is 11.0. The molecule has 0 aromatic carbocycles. The Bertz CT molecular complexity index is 488. The van der Waals surface area contributed by atoms with E-state index in [1.165, 1.54) is 0 Å². The number of hydrogen-bond donors (Lipinski definition) is 1. The van der Waals surface area contributed by atoms with E-state index in [-0.39, 0.29) is 0 Å². The highest BCUT2D eigenvalue weighted by atomic mass is 79.9. The van der Waals surface area contributed by atoms with Gasteiger partial charge in [0.15, 0.2) is 0 Å². The van der Waals surface area contributed by atoms with E-state index >= 15 is 0 Å². The van der Waals surface area contributed by atoms with Crippen molar-refractivity contribution < 1.29 is 0 Å². The lowest BCUT2D eigenvalue weighted by Crippen LogP contribution is -1.98. The maximum Gasteiger partial charge on any atom is 0.134 e. The van der Waals surface area contributed by atoms with Gasteiger partial charge in [-0.05, 0) is 28.1 Å². The quantitative estimate of drug-likeness (QED) is 0.905. The van der Waals surface area contributed by atoms with E-state index in [0.717, 1.165) is 21.6 Å². The summed E-state index contributed by atoms with van der Waals surface area (Å²) in [5, 5.41) is 3.17. The second kappa shape index (κ2) is 3.85. The third-order valence-corrected chi connectivity index (χ3v) is 2.99. The van der Waals surface area contributed by atoms with E-state index in [1.807, 2.05) is 25.4 Å². The van der Waals surface area contributed by atoms with Crippen molar-refractivity contribution in [2.45, 2.75) is 19.8 Å². The molecule has 2 aromatic heterocycles. The minimum atomic E-state index is 0.413. The highest BCUT2D eigenvalue weighted by Gasteiger charge is 2.13. The van der Waals surface area contributed by atoms with Crippen molar-refractivity contribution in [3.8, 4) is 0 Å². The third-order valence-electron chi connectivity index (χ3n) is 2.43. The summed E-state index contributed by atoms with van der Waals surface area (Å²) in [7, 11) is 1.92. The number of aromatic nitrogens is 2. The lowest BCUT2D eigenvalue weighted by atomic mass is 10.2. The first-order chi connectivity index (χ1) is 7.15. The van der Waals surface area contributed by atoms with E-state index in [0.29, 0.717) is 5.92 Å². The molecule has 0 saturated carbocycles. The fraction of sp³-hybridized carbons (Fsp3) is 0.364. The highest BCUT2D eigenvalue weighted by Crippen LogP contribution is 2.28. The van der Waals surface area contributed by atoms with Crippen molar-refractivity contribution in [2.24, 2.45) is 0 Å². The molecule has 0 fully saturated rings. The lowest BCUT2D eigenvalue weighted by Gasteiger charge is -2.06. The summed E-state index contributed by atoms with van der Waals surface area (Å²) in [4.78, 5) is 4.54. The van der Waals surface area contributed by atoms with Crippen LogP contribution in [0.2, 0.25) is 0 Å². The second-order valence-electron chi connectivity index (χ2n) is 3.81. The van der Waals surface area contributed by atoms with Gasteiger partial charge in [0, 0.05) is 19.2 Å². The van der Waals surface area contributed by atoms with Crippen molar-refractivity contribution in [1.82, 2.24) is 9.38 Å². The van der Waals surface area contributed by atoms with Gasteiger partial charge in [0.2, 0.25) is 0 Å². The molecule has 3 nitrogen and oxygen atoms in total. The average molecular weight is 268 g/mol. The van der Waals surface area contributed by atoms with Gasteiger partial charge in [-0.25, -0.2) is 4.98 Å². The topological polar surface area (TPSA) is 29.3 Å². The molecule has 1 N–H and O–H groups in total. The largest absolute Gasteiger partial charge is 0.386 e. The number of anilines is 1. The van der Waals surface area contributed by atoms with Crippen molar-refractivity contribution in [2.75, 3.05) is 12.4 Å². The Labute approximate surface area is 97.6 Å². The number of fused-ring (bicyclic) bond motifs is 1. The molecule has 2 aromatic rings. The highest BCUT2D eigenvalue weighted by molar-refractivity contribution is 9.10. The Morgan fingerprint density at radius 3 is 2.80 bits per heavy atom. The summed E-state index contributed by atoms with van der Waals surface area (Å²) < 4.78 is 3.02. The fourth-order valence-corrected chi connectivity index (χ4v) is 2.31. The van der Waals surface area contributed by atoms with Gasteiger partial charge in [0.05, 0.1) is 5.69 Å². The molecule has 0 saturated heterocycles. The van der Waals surface area contributed by atoms with Crippen LogP contribution in [0.1, 0.15) is 25.6 Å². The van der Waals surface area contributed by atoms with Gasteiger partial charge in [-0.2, -0.15) is 0 Å². The molecule has 0 unspecified atom stereocenters. The maximum absolute atomic E-state index is 4.54. The summed E-state index contributed by atoms with van der Waals surface area (Å²) in [5.41, 5.74) is 2.19. The number of pyridine rings is 1. The Hall–Kier alpha value is -1.03. The molecule has 0 amide bonds. The molecule has 2 heterocycles. The first-order valence-corrected chi connectivity index (χ1v) is 5.78. The summed E-state index contributed by atoms with van der Waals surface area (Å²) >= 11 is 3.51. The Balaban J connectivity index is 2.79. The Morgan fingerprint density at radius 1 is 1.47 bits per heavy atom. The van der Waals surface area contributed by atoms with Crippen LogP contribution in [0.15, 0.2) is 22.9 Å². The first-order valence-electron chi connectivity index (χ1n) is 4.99. The van der Waals surface area contributed by atoms with E-state index < -0.39 is 0 Å². The minimum Gasteiger partial charge on any atom is -0.386 e. The van der Waals surface area contributed by atoms with E-state index in [9.17, 15) is 0 Å². The van der Waals surface area contributed by atoms with E-state index in [1.54, 1.807) is 0 Å². The van der Waals surface area contributed by atoms with Crippen LogP contribution in [0, 0.1) is 0 Å². The van der Waals surface area contributed by atoms with Gasteiger partial charge in [-0.1, -0.05) is 13.8 Å². The molecule has 0 radical (unpaired) electrons. The molecule has 0 spiro atoms. The normalized spacial score (nSPS) is 11.3. The van der Waals surface area contributed by atoms with Gasteiger partial charge >= 0.3 is 0 Å². The summed E-state index contributed by atoms with van der Waals surface area (Å²) in [6.45, 7) is 4.29. The van der Waals surface area contributed by atoms with Gasteiger partial charge in [0.25, 0.3) is 0 Å². The predicted octanol–water partition coefficient (Wildman–Crippen LogP) is 3.26. The zero-order valence-electron chi connectivity index (χ0n) is 9.08. The smallest absolute Gasteiger partial charge is 0.134 e. The van der Waals surface area contributed by atoms with Gasteiger partial charge in [-0.3, -0.25) is 0 Å². The number of rotatable bonds is 2. The van der Waals surface area contributed by atoms with E-state index in [4.69, 9.17) is 0 Å². The average Bonchev–Trinajstić information content (AvgIpc) is 2.56. The monoisotopic (exact) mass is 267 g/mol. The molecule has 0 aliphatic heterocycles. The van der Waals surface area contributed by atoms with Crippen LogP contribution >= 0.6 is 15.9 Å². The van der Waals surface area contributed by atoms with Crippen LogP contribution in [-0.4, -0.2) is 16.4 Å². The van der Waals surface area contributed by atoms with Crippen molar-refractivity contribution in [1.29, 1.82) is 0 Å². The van der Waals surface area contributed by atoms with Crippen LogP contribution in [0.4, 0.5) is 5.69 Å². The lowest BCUT2D eigenvalue weighted by molar-refractivity contribution is 0.769. The molecule has 0 aliphatic carbocycles. The number of nitrogens with zero attached hydrogens (tertiary/aromatic N) is 2. The molecule has 0 atom stereocenters. The summed E-state index contributed by atoms with van der Waals surface area (Å²) in [5.74, 6) is 1.49. The standard InChI is InChI=1S/C11H14BrN3/c1-7(2)11-14-10(12)9-8(13-3)5-4-6-15(9)11/h4-7,13H,1-3H3. The van der Waals surface area contributed by atoms with Crippen LogP contribution < -0.4 is 5.32 Å². The number of nitrogens with one attached hydrogen (secondary N) is 1. The zero-order valence-corrected chi connectivity index (χ0v) is 10.7. The summed E-state index contributed by atoms with van der Waals surface area (Å²) in [6.07, 6.45) is 2.04. The SMILES string of the molecule is CNc1cccn2c(C(C)C)nc(Br)c12. The van der Waals surface area contributed by atoms with Crippen molar-refractivity contribution in [3.05, 3.63) is 28.8 Å². The van der Waals surface area contributed by atoms with Gasteiger partial charge in [-0.15, -0.1) is 0 Å². The van der Waals surface area contributed by atoms with E-state index in [2.05, 4.69) is 44.5 Å². The molecule has 0 aliphatic rings. The van der Waals surface area contributed by atoms with Crippen LogP contribution in [0.3, 0.4) is 0 Å². The van der Waals surface area contributed by atoms with Crippen LogP contribution in [-0.2, 0) is 0 Å². The Kier molecular flexibility index (Phi) is 2.69. The molecule has 15 heavy (non-hydrogen) atoms. The number of halogens is 1. The first kappa shape index (κ1) is 10.5.